The Balaban J connectivity index is 1.57. The largest absolute Gasteiger partial charge is 0.461 e. The number of ether oxygens (including phenoxy) is 1. The standard InChI is InChI=1S/C16H23N3O5S/c20-16(14-2-4-15(25)5-3-14)23-13-11-18-9-7-17(8-10-18)6-1-12-24-19(21)22/h2-5,25H,1,6-13H2. The van der Waals surface area contributed by atoms with Gasteiger partial charge in [0, 0.05) is 44.2 Å². The first-order chi connectivity index (χ1) is 12.0. The van der Waals surface area contributed by atoms with Crippen LogP contribution in [0, 0.1) is 10.1 Å². The number of piperazine rings is 1. The summed E-state index contributed by atoms with van der Waals surface area (Å²) < 4.78 is 5.30. The van der Waals surface area contributed by atoms with E-state index in [2.05, 4.69) is 27.3 Å². The van der Waals surface area contributed by atoms with Gasteiger partial charge in [-0.25, -0.2) is 4.79 Å². The molecule has 0 bridgehead atoms. The smallest absolute Gasteiger partial charge is 0.338 e. The molecule has 1 aliphatic rings. The van der Waals surface area contributed by atoms with E-state index in [-0.39, 0.29) is 12.6 Å². The zero-order chi connectivity index (χ0) is 18.1. The van der Waals surface area contributed by atoms with Gasteiger partial charge in [0.25, 0.3) is 5.09 Å². The Kier molecular flexibility index (Phi) is 7.96. The highest BCUT2D eigenvalue weighted by Crippen LogP contribution is 2.09. The summed E-state index contributed by atoms with van der Waals surface area (Å²) in [6.45, 7) is 5.57. The number of hydrogen-bond donors (Lipinski definition) is 1. The van der Waals surface area contributed by atoms with Crippen LogP contribution >= 0.6 is 12.6 Å². The Morgan fingerprint density at radius 2 is 1.68 bits per heavy atom. The van der Waals surface area contributed by atoms with Crippen LogP contribution in [0.5, 0.6) is 0 Å². The predicted molar refractivity (Wildman–Crippen MR) is 94.4 cm³/mol. The fraction of sp³-hybridized carbons (Fsp3) is 0.562. The Labute approximate surface area is 152 Å². The van der Waals surface area contributed by atoms with Gasteiger partial charge in [0.05, 0.1) is 12.2 Å². The van der Waals surface area contributed by atoms with Crippen molar-refractivity contribution in [3.8, 4) is 0 Å². The molecule has 1 aliphatic heterocycles. The van der Waals surface area contributed by atoms with Crippen molar-refractivity contribution >= 4 is 18.6 Å². The molecule has 1 aromatic carbocycles. The topological polar surface area (TPSA) is 85.2 Å². The average molecular weight is 369 g/mol. The van der Waals surface area contributed by atoms with Gasteiger partial charge in [-0.05, 0) is 30.7 Å². The lowest BCUT2D eigenvalue weighted by atomic mass is 10.2. The molecule has 8 nitrogen and oxygen atoms in total. The van der Waals surface area contributed by atoms with Crippen LogP contribution in [0.25, 0.3) is 0 Å². The molecule has 1 fully saturated rings. The number of hydrogen-bond acceptors (Lipinski definition) is 8. The molecule has 1 saturated heterocycles. The summed E-state index contributed by atoms with van der Waals surface area (Å²) in [5.74, 6) is -0.322. The summed E-state index contributed by atoms with van der Waals surface area (Å²) in [6.07, 6.45) is 0.643. The van der Waals surface area contributed by atoms with Gasteiger partial charge >= 0.3 is 5.97 Å². The van der Waals surface area contributed by atoms with Crippen molar-refractivity contribution in [2.45, 2.75) is 11.3 Å². The second-order valence-corrected chi connectivity index (χ2v) is 6.29. The number of rotatable bonds is 9. The van der Waals surface area contributed by atoms with Gasteiger partial charge in [-0.1, -0.05) is 0 Å². The van der Waals surface area contributed by atoms with Crippen molar-refractivity contribution in [3.05, 3.63) is 39.9 Å². The van der Waals surface area contributed by atoms with E-state index < -0.39 is 5.09 Å². The van der Waals surface area contributed by atoms with E-state index in [1.54, 1.807) is 24.3 Å². The van der Waals surface area contributed by atoms with E-state index in [4.69, 9.17) is 4.74 Å². The van der Waals surface area contributed by atoms with Gasteiger partial charge in [-0.2, -0.15) is 0 Å². The van der Waals surface area contributed by atoms with Crippen molar-refractivity contribution in [3.63, 3.8) is 0 Å². The molecular formula is C16H23N3O5S. The van der Waals surface area contributed by atoms with Crippen LogP contribution in [-0.4, -0.2) is 73.3 Å². The van der Waals surface area contributed by atoms with Crippen molar-refractivity contribution in [2.24, 2.45) is 0 Å². The molecule has 0 atom stereocenters. The first kappa shape index (κ1) is 19.5. The van der Waals surface area contributed by atoms with Crippen LogP contribution in [0.1, 0.15) is 16.8 Å². The van der Waals surface area contributed by atoms with Crippen LogP contribution in [0.2, 0.25) is 0 Å². The second kappa shape index (κ2) is 10.2. The molecule has 9 heteroatoms. The first-order valence-electron chi connectivity index (χ1n) is 8.23. The molecule has 1 aromatic rings. The number of nitrogens with zero attached hydrogens (tertiary/aromatic N) is 3. The summed E-state index contributed by atoms with van der Waals surface area (Å²) in [4.78, 5) is 31.6. The molecule has 0 aliphatic carbocycles. The second-order valence-electron chi connectivity index (χ2n) is 5.78. The van der Waals surface area contributed by atoms with Crippen LogP contribution in [0.4, 0.5) is 0 Å². The summed E-state index contributed by atoms with van der Waals surface area (Å²) in [6, 6.07) is 6.92. The van der Waals surface area contributed by atoms with Crippen molar-refractivity contribution < 1.29 is 19.5 Å². The van der Waals surface area contributed by atoms with E-state index in [0.717, 1.165) is 37.6 Å². The third kappa shape index (κ3) is 7.29. The quantitative estimate of drug-likeness (QED) is 0.231. The normalized spacial score (nSPS) is 15.7. The molecule has 2 rings (SSSR count). The molecule has 0 aromatic heterocycles. The molecule has 0 N–H and O–H groups in total. The molecule has 0 spiro atoms. The van der Waals surface area contributed by atoms with Crippen molar-refractivity contribution in [1.82, 2.24) is 9.80 Å². The summed E-state index contributed by atoms with van der Waals surface area (Å²) in [5.41, 5.74) is 0.527. The summed E-state index contributed by atoms with van der Waals surface area (Å²) in [5, 5.41) is 9.31. The number of carbonyl (C=O) groups is 1. The van der Waals surface area contributed by atoms with E-state index in [0.29, 0.717) is 25.1 Å². The molecule has 0 unspecified atom stereocenters. The van der Waals surface area contributed by atoms with E-state index >= 15 is 0 Å². The number of carbonyl (C=O) groups excluding carboxylic acids is 1. The molecule has 138 valence electrons. The molecule has 25 heavy (non-hydrogen) atoms. The fourth-order valence-electron chi connectivity index (χ4n) is 2.61. The maximum atomic E-state index is 11.9. The molecule has 1 heterocycles. The maximum absolute atomic E-state index is 11.9. The summed E-state index contributed by atoms with van der Waals surface area (Å²) in [7, 11) is 0. The Hall–Kier alpha value is -1.84. The predicted octanol–water partition coefficient (Wildman–Crippen LogP) is 1.35. The minimum atomic E-state index is -0.758. The summed E-state index contributed by atoms with van der Waals surface area (Å²) >= 11 is 4.18. The highest BCUT2D eigenvalue weighted by atomic mass is 32.1. The number of thiol groups is 1. The van der Waals surface area contributed by atoms with Crippen molar-refractivity contribution in [2.75, 3.05) is 52.5 Å². The van der Waals surface area contributed by atoms with Crippen LogP contribution in [0.3, 0.4) is 0 Å². The van der Waals surface area contributed by atoms with Gasteiger partial charge < -0.3 is 14.5 Å². The van der Waals surface area contributed by atoms with Gasteiger partial charge in [0.1, 0.15) is 6.61 Å². The Morgan fingerprint density at radius 1 is 1.08 bits per heavy atom. The van der Waals surface area contributed by atoms with Crippen LogP contribution in [0.15, 0.2) is 29.2 Å². The fourth-order valence-corrected chi connectivity index (χ4v) is 2.76. The molecule has 0 amide bonds. The minimum absolute atomic E-state index is 0.136. The van der Waals surface area contributed by atoms with E-state index in [1.807, 2.05) is 0 Å². The highest BCUT2D eigenvalue weighted by molar-refractivity contribution is 7.80. The highest BCUT2D eigenvalue weighted by Gasteiger charge is 2.17. The average Bonchev–Trinajstić information content (AvgIpc) is 2.60. The van der Waals surface area contributed by atoms with Crippen LogP contribution < -0.4 is 0 Å². The zero-order valence-electron chi connectivity index (χ0n) is 14.0. The SMILES string of the molecule is O=C(OCCN1CCN(CCCO[N+](=O)[O-])CC1)c1ccc(S)cc1. The maximum Gasteiger partial charge on any atom is 0.338 e. The lowest BCUT2D eigenvalue weighted by molar-refractivity contribution is -0.757. The monoisotopic (exact) mass is 369 g/mol. The number of esters is 1. The van der Waals surface area contributed by atoms with E-state index in [1.165, 1.54) is 0 Å². The third-order valence-electron chi connectivity index (χ3n) is 4.02. The Morgan fingerprint density at radius 3 is 2.28 bits per heavy atom. The van der Waals surface area contributed by atoms with E-state index in [9.17, 15) is 14.9 Å². The van der Waals surface area contributed by atoms with Crippen molar-refractivity contribution in [1.29, 1.82) is 0 Å². The lowest BCUT2D eigenvalue weighted by Crippen LogP contribution is -2.47. The molecule has 0 radical (unpaired) electrons. The molecular weight excluding hydrogens is 346 g/mol. The third-order valence-corrected chi connectivity index (χ3v) is 4.32. The number of benzene rings is 1. The Bertz CT molecular complexity index is 561. The van der Waals surface area contributed by atoms with Gasteiger partial charge in [-0.3, -0.25) is 4.90 Å². The van der Waals surface area contributed by atoms with Gasteiger partial charge in [0.2, 0.25) is 0 Å². The van der Waals surface area contributed by atoms with Crippen LogP contribution in [-0.2, 0) is 9.57 Å². The van der Waals surface area contributed by atoms with Gasteiger partial charge in [-0.15, -0.1) is 22.7 Å². The lowest BCUT2D eigenvalue weighted by Gasteiger charge is -2.34. The zero-order valence-corrected chi connectivity index (χ0v) is 14.9. The first-order valence-corrected chi connectivity index (χ1v) is 8.67. The molecule has 0 saturated carbocycles. The van der Waals surface area contributed by atoms with Gasteiger partial charge in [0.15, 0.2) is 0 Å². The minimum Gasteiger partial charge on any atom is -0.461 e.